The maximum Gasteiger partial charge on any atom is 0.178 e. The molecule has 0 fully saturated rings. The fourth-order valence-electron chi connectivity index (χ4n) is 1.87. The fraction of sp³-hybridized carbons (Fsp3) is 0.333. The molecule has 7 nitrogen and oxygen atoms in total. The van der Waals surface area contributed by atoms with Crippen LogP contribution in [-0.4, -0.2) is 33.1 Å². The summed E-state index contributed by atoms with van der Waals surface area (Å²) in [6.45, 7) is 5.44. The Hall–Kier alpha value is -2.33. The summed E-state index contributed by atoms with van der Waals surface area (Å²) in [6, 6.07) is 5.33. The number of nitrogen functional groups attached to an aromatic ring is 1. The molecule has 2 N–H and O–H groups in total. The van der Waals surface area contributed by atoms with Crippen LogP contribution < -0.4 is 10.6 Å². The first-order valence-corrected chi connectivity index (χ1v) is 6.53. The summed E-state index contributed by atoms with van der Waals surface area (Å²) in [5.74, 6) is 1.21. The van der Waals surface area contributed by atoms with Crippen molar-refractivity contribution in [1.29, 1.82) is 5.26 Å². The fourth-order valence-corrected chi connectivity index (χ4v) is 1.97. The largest absolute Gasteiger partial charge is 0.382 e. The van der Waals surface area contributed by atoms with Gasteiger partial charge in [0.25, 0.3) is 0 Å². The maximum absolute atomic E-state index is 9.28. The molecule has 0 aromatic carbocycles. The van der Waals surface area contributed by atoms with Crippen molar-refractivity contribution in [3.63, 3.8) is 0 Å². The van der Waals surface area contributed by atoms with E-state index in [9.17, 15) is 5.26 Å². The molecule has 0 saturated heterocycles. The molecule has 2 heterocycles. The van der Waals surface area contributed by atoms with E-state index in [1.807, 2.05) is 18.7 Å². The molecular weight excluding hydrogens is 278 g/mol. The van der Waals surface area contributed by atoms with Gasteiger partial charge in [0.05, 0.1) is 0 Å². The molecule has 0 bridgehead atoms. The topological polar surface area (TPSA) is 96.7 Å². The van der Waals surface area contributed by atoms with Crippen molar-refractivity contribution in [2.24, 2.45) is 0 Å². The van der Waals surface area contributed by atoms with Gasteiger partial charge in [-0.15, -0.1) is 15.3 Å². The highest BCUT2D eigenvalue weighted by molar-refractivity contribution is 6.29. The molecule has 0 aliphatic carbocycles. The number of nitriles is 1. The Bertz CT molecular complexity index is 637. The number of aromatic nitrogens is 4. The predicted octanol–water partition coefficient (Wildman–Crippen LogP) is 1.62. The number of halogens is 1. The summed E-state index contributed by atoms with van der Waals surface area (Å²) in [6.07, 6.45) is 0. The number of hydrogen-bond donors (Lipinski definition) is 1. The van der Waals surface area contributed by atoms with Crippen molar-refractivity contribution in [1.82, 2.24) is 20.0 Å². The third-order valence-electron chi connectivity index (χ3n) is 2.91. The van der Waals surface area contributed by atoms with Gasteiger partial charge in [-0.25, -0.2) is 0 Å². The monoisotopic (exact) mass is 291 g/mol. The molecule has 0 amide bonds. The first-order valence-electron chi connectivity index (χ1n) is 6.15. The third kappa shape index (κ3) is 2.38. The second-order valence-electron chi connectivity index (χ2n) is 3.99. The van der Waals surface area contributed by atoms with Gasteiger partial charge < -0.3 is 10.6 Å². The first-order chi connectivity index (χ1) is 9.62. The van der Waals surface area contributed by atoms with Crippen molar-refractivity contribution < 1.29 is 0 Å². The Morgan fingerprint density at radius 1 is 1.35 bits per heavy atom. The number of anilines is 2. The summed E-state index contributed by atoms with van der Waals surface area (Å²) in [4.78, 5) is 1.95. The molecule has 0 saturated carbocycles. The van der Waals surface area contributed by atoms with E-state index in [0.717, 1.165) is 13.1 Å². The average molecular weight is 292 g/mol. The molecule has 104 valence electrons. The molecule has 0 spiro atoms. The zero-order valence-electron chi connectivity index (χ0n) is 11.2. The van der Waals surface area contributed by atoms with E-state index < -0.39 is 0 Å². The van der Waals surface area contributed by atoms with Crippen LogP contribution in [0.1, 0.15) is 19.4 Å². The molecule has 8 heteroatoms. The molecule has 2 aromatic rings. The predicted molar refractivity (Wildman–Crippen MR) is 76.9 cm³/mol. The van der Waals surface area contributed by atoms with E-state index in [-0.39, 0.29) is 11.0 Å². The van der Waals surface area contributed by atoms with Crippen LogP contribution in [0.4, 0.5) is 11.6 Å². The molecule has 20 heavy (non-hydrogen) atoms. The zero-order valence-corrected chi connectivity index (χ0v) is 12.0. The molecule has 0 radical (unpaired) electrons. The zero-order chi connectivity index (χ0) is 14.7. The lowest BCUT2D eigenvalue weighted by Crippen LogP contribution is -2.23. The van der Waals surface area contributed by atoms with Gasteiger partial charge in [0.2, 0.25) is 0 Å². The van der Waals surface area contributed by atoms with Crippen molar-refractivity contribution in [3.8, 4) is 11.9 Å². The van der Waals surface area contributed by atoms with Gasteiger partial charge in [-0.1, -0.05) is 11.6 Å². The van der Waals surface area contributed by atoms with Crippen LogP contribution in [0.25, 0.3) is 5.82 Å². The van der Waals surface area contributed by atoms with Crippen LogP contribution in [0.3, 0.4) is 0 Å². The minimum absolute atomic E-state index is 0.242. The molecule has 2 aromatic heterocycles. The van der Waals surface area contributed by atoms with Gasteiger partial charge in [-0.05, 0) is 26.0 Å². The minimum atomic E-state index is 0.242. The smallest absolute Gasteiger partial charge is 0.178 e. The SMILES string of the molecule is CCN(CC)c1nn(-c2ccc(Cl)nn2)c(N)c1C#N. The number of nitrogens with two attached hydrogens (primary N) is 1. The van der Waals surface area contributed by atoms with Crippen LogP contribution in [0.15, 0.2) is 12.1 Å². The average Bonchev–Trinajstić information content (AvgIpc) is 2.78. The lowest BCUT2D eigenvalue weighted by molar-refractivity contribution is 0.785. The molecule has 2 rings (SSSR count). The lowest BCUT2D eigenvalue weighted by Gasteiger charge is -2.17. The Balaban J connectivity index is 2.56. The summed E-state index contributed by atoms with van der Waals surface area (Å²) in [7, 11) is 0. The van der Waals surface area contributed by atoms with Crippen molar-refractivity contribution in [2.75, 3.05) is 23.7 Å². The van der Waals surface area contributed by atoms with E-state index in [4.69, 9.17) is 17.3 Å². The highest BCUT2D eigenvalue weighted by Gasteiger charge is 2.20. The maximum atomic E-state index is 9.28. The summed E-state index contributed by atoms with van der Waals surface area (Å²) in [5.41, 5.74) is 6.32. The van der Waals surface area contributed by atoms with Gasteiger partial charge in [0.1, 0.15) is 17.5 Å². The number of nitrogens with zero attached hydrogens (tertiary/aromatic N) is 6. The summed E-state index contributed by atoms with van der Waals surface area (Å²) in [5, 5.41) is 21.6. The standard InChI is InChI=1S/C12H14ClN7/c1-3-19(4-2)12-8(7-14)11(15)20(18-12)10-6-5-9(13)16-17-10/h5-6H,3-4,15H2,1-2H3. The van der Waals surface area contributed by atoms with E-state index in [0.29, 0.717) is 17.2 Å². The van der Waals surface area contributed by atoms with Gasteiger partial charge in [0.15, 0.2) is 16.8 Å². The van der Waals surface area contributed by atoms with Gasteiger partial charge in [-0.2, -0.15) is 9.94 Å². The molecule has 0 aliphatic rings. The van der Waals surface area contributed by atoms with Crippen LogP contribution in [-0.2, 0) is 0 Å². The van der Waals surface area contributed by atoms with Crippen LogP contribution in [0.2, 0.25) is 5.15 Å². The number of rotatable bonds is 4. The quantitative estimate of drug-likeness (QED) is 0.919. The van der Waals surface area contributed by atoms with Gasteiger partial charge in [0, 0.05) is 13.1 Å². The van der Waals surface area contributed by atoms with Crippen molar-refractivity contribution in [2.45, 2.75) is 13.8 Å². The van der Waals surface area contributed by atoms with Gasteiger partial charge >= 0.3 is 0 Å². The summed E-state index contributed by atoms with van der Waals surface area (Å²) < 4.78 is 1.40. The molecule has 0 unspecified atom stereocenters. The van der Waals surface area contributed by atoms with E-state index >= 15 is 0 Å². The lowest BCUT2D eigenvalue weighted by atomic mass is 10.3. The third-order valence-corrected chi connectivity index (χ3v) is 3.11. The van der Waals surface area contributed by atoms with Crippen molar-refractivity contribution >= 4 is 23.2 Å². The second kappa shape index (κ2) is 5.75. The first kappa shape index (κ1) is 14.1. The highest BCUT2D eigenvalue weighted by atomic mass is 35.5. The Labute approximate surface area is 121 Å². The van der Waals surface area contributed by atoms with Crippen LogP contribution in [0.5, 0.6) is 0 Å². The summed E-state index contributed by atoms with van der Waals surface area (Å²) >= 11 is 5.70. The Kier molecular flexibility index (Phi) is 4.05. The van der Waals surface area contributed by atoms with E-state index in [1.165, 1.54) is 4.68 Å². The molecule has 0 aliphatic heterocycles. The van der Waals surface area contributed by atoms with Crippen LogP contribution >= 0.6 is 11.6 Å². The minimum Gasteiger partial charge on any atom is -0.382 e. The van der Waals surface area contributed by atoms with Crippen molar-refractivity contribution in [3.05, 3.63) is 22.8 Å². The van der Waals surface area contributed by atoms with E-state index in [2.05, 4.69) is 21.4 Å². The Morgan fingerprint density at radius 2 is 2.05 bits per heavy atom. The van der Waals surface area contributed by atoms with E-state index in [1.54, 1.807) is 12.1 Å². The van der Waals surface area contributed by atoms with Crippen LogP contribution in [0, 0.1) is 11.3 Å². The Morgan fingerprint density at radius 3 is 2.55 bits per heavy atom. The van der Waals surface area contributed by atoms with Gasteiger partial charge in [-0.3, -0.25) is 0 Å². The number of hydrogen-bond acceptors (Lipinski definition) is 6. The highest BCUT2D eigenvalue weighted by Crippen LogP contribution is 2.26. The molecular formula is C12H14ClN7. The normalized spacial score (nSPS) is 10.3. The molecule has 0 atom stereocenters. The second-order valence-corrected chi connectivity index (χ2v) is 4.38.